The average molecular weight is 462 g/mol. The van der Waals surface area contributed by atoms with Gasteiger partial charge >= 0.3 is 0 Å². The van der Waals surface area contributed by atoms with Crippen LogP contribution < -0.4 is 10.6 Å². The van der Waals surface area contributed by atoms with Crippen LogP contribution in [0, 0.1) is 6.92 Å². The molecule has 0 bridgehead atoms. The van der Waals surface area contributed by atoms with Crippen molar-refractivity contribution >= 4 is 28.7 Å². The Morgan fingerprint density at radius 1 is 1.12 bits per heavy atom. The molecular weight excluding hydrogens is 432 g/mol. The first kappa shape index (κ1) is 24.3. The van der Waals surface area contributed by atoms with Gasteiger partial charge in [0.15, 0.2) is 5.82 Å². The van der Waals surface area contributed by atoms with Gasteiger partial charge in [0.2, 0.25) is 0 Å². The molecule has 0 spiro atoms. The Bertz CT molecular complexity index is 1050. The number of allylic oxidation sites excluding steroid dienone is 1. The second kappa shape index (κ2) is 10.0. The van der Waals surface area contributed by atoms with E-state index >= 15 is 0 Å². The quantitative estimate of drug-likeness (QED) is 0.605. The predicted molar refractivity (Wildman–Crippen MR) is 129 cm³/mol. The molecule has 0 amide bonds. The number of benzene rings is 1. The predicted octanol–water partition coefficient (Wildman–Crippen LogP) is 5.79. The minimum Gasteiger partial charge on any atom is -0.361 e. The first-order valence-corrected chi connectivity index (χ1v) is 11.4. The summed E-state index contributed by atoms with van der Waals surface area (Å²) in [5.74, 6) is -2.07. The molecule has 3 heterocycles. The fraction of sp³-hybridized carbons (Fsp3) is 0.458. The summed E-state index contributed by atoms with van der Waals surface area (Å²) in [5, 5.41) is 6.28. The van der Waals surface area contributed by atoms with Gasteiger partial charge in [-0.25, -0.2) is 18.7 Å². The topological polar surface area (TPSA) is 62.2 Å². The van der Waals surface area contributed by atoms with Gasteiger partial charge in [0, 0.05) is 22.4 Å². The van der Waals surface area contributed by atoms with E-state index in [1.54, 1.807) is 6.07 Å². The van der Waals surface area contributed by atoms with Crippen molar-refractivity contribution in [1.82, 2.24) is 15.3 Å². The van der Waals surface area contributed by atoms with E-state index in [1.165, 1.54) is 0 Å². The van der Waals surface area contributed by atoms with Gasteiger partial charge in [0.05, 0.1) is 29.8 Å². The van der Waals surface area contributed by atoms with Gasteiger partial charge in [-0.1, -0.05) is 37.6 Å². The monoisotopic (exact) mass is 461 g/mol. The van der Waals surface area contributed by atoms with E-state index in [0.717, 1.165) is 22.4 Å². The van der Waals surface area contributed by atoms with Crippen LogP contribution in [0.4, 0.5) is 14.6 Å². The number of nitrogens with zero attached hydrogens (tertiary/aromatic N) is 3. The second-order valence-electron chi connectivity index (χ2n) is 7.83. The number of anilines is 1. The first-order chi connectivity index (χ1) is 15.3. The minimum atomic E-state index is -2.87. The molecule has 32 heavy (non-hydrogen) atoms. The summed E-state index contributed by atoms with van der Waals surface area (Å²) in [6, 6.07) is 6.27. The van der Waals surface area contributed by atoms with E-state index in [4.69, 9.17) is 16.6 Å². The zero-order valence-corrected chi connectivity index (χ0v) is 19.9. The van der Waals surface area contributed by atoms with E-state index in [9.17, 15) is 8.78 Å². The van der Waals surface area contributed by atoms with Crippen molar-refractivity contribution in [2.45, 2.75) is 53.0 Å². The molecule has 1 atom stereocenters. The second-order valence-corrected chi connectivity index (χ2v) is 8.24. The maximum Gasteiger partial charge on any atom is 0.279 e. The molecule has 1 aromatic heterocycles. The molecular formula is C24H30ClF2N5. The van der Waals surface area contributed by atoms with E-state index < -0.39 is 12.0 Å². The first-order valence-electron chi connectivity index (χ1n) is 11.0. The van der Waals surface area contributed by atoms with Crippen molar-refractivity contribution in [1.29, 1.82) is 0 Å². The Morgan fingerprint density at radius 2 is 1.84 bits per heavy atom. The van der Waals surface area contributed by atoms with Crippen LogP contribution in [0.5, 0.6) is 0 Å². The highest BCUT2D eigenvalue weighted by atomic mass is 35.5. The van der Waals surface area contributed by atoms with Gasteiger partial charge in [-0.3, -0.25) is 4.99 Å². The molecule has 0 saturated carbocycles. The van der Waals surface area contributed by atoms with Crippen LogP contribution in [0.3, 0.4) is 0 Å². The molecule has 8 heteroatoms. The Hall–Kier alpha value is -2.38. The van der Waals surface area contributed by atoms with Crippen LogP contribution in [0.25, 0.3) is 17.0 Å². The smallest absolute Gasteiger partial charge is 0.279 e. The highest BCUT2D eigenvalue weighted by Gasteiger charge is 2.42. The Morgan fingerprint density at radius 3 is 2.47 bits per heavy atom. The molecule has 0 aliphatic carbocycles. The number of hydrogen-bond donors (Lipinski definition) is 2. The highest BCUT2D eigenvalue weighted by molar-refractivity contribution is 6.33. The largest absolute Gasteiger partial charge is 0.361 e. The van der Waals surface area contributed by atoms with Crippen molar-refractivity contribution in [3.8, 4) is 11.4 Å². The molecule has 2 N–H and O–H groups in total. The maximum absolute atomic E-state index is 14.5. The normalized spacial score (nSPS) is 19.9. The number of piperidine rings is 1. The SMILES string of the molecule is CC.CC1=NCC(C)=C1c1nc(-c2ccccc2Cl)nc(NC2CCNCC2(F)F)c1C. The molecule has 1 fully saturated rings. The number of aromatic nitrogens is 2. The molecule has 2 aliphatic rings. The highest BCUT2D eigenvalue weighted by Crippen LogP contribution is 2.35. The minimum absolute atomic E-state index is 0.301. The summed E-state index contributed by atoms with van der Waals surface area (Å²) >= 11 is 6.39. The molecule has 0 radical (unpaired) electrons. The third-order valence-electron chi connectivity index (χ3n) is 5.63. The lowest BCUT2D eigenvalue weighted by atomic mass is 9.98. The van der Waals surface area contributed by atoms with E-state index in [0.29, 0.717) is 47.4 Å². The van der Waals surface area contributed by atoms with Gasteiger partial charge in [0.25, 0.3) is 5.92 Å². The summed E-state index contributed by atoms with van der Waals surface area (Å²) in [6.07, 6.45) is 0.301. The number of nitrogens with one attached hydrogen (secondary N) is 2. The van der Waals surface area contributed by atoms with Crippen LogP contribution in [-0.2, 0) is 0 Å². The number of rotatable bonds is 4. The fourth-order valence-electron chi connectivity index (χ4n) is 3.92. The van der Waals surface area contributed by atoms with Crippen LogP contribution in [0.2, 0.25) is 5.02 Å². The van der Waals surface area contributed by atoms with Crippen molar-refractivity contribution in [2.24, 2.45) is 4.99 Å². The summed E-state index contributed by atoms with van der Waals surface area (Å²) < 4.78 is 29.0. The Labute approximate surface area is 193 Å². The molecule has 172 valence electrons. The molecule has 5 nitrogen and oxygen atoms in total. The molecule has 1 saturated heterocycles. The molecule has 4 rings (SSSR count). The lowest BCUT2D eigenvalue weighted by molar-refractivity contribution is -0.0322. The van der Waals surface area contributed by atoms with Crippen molar-refractivity contribution in [2.75, 3.05) is 25.0 Å². The average Bonchev–Trinajstić information content (AvgIpc) is 3.11. The van der Waals surface area contributed by atoms with Crippen molar-refractivity contribution in [3.63, 3.8) is 0 Å². The van der Waals surface area contributed by atoms with E-state index in [-0.39, 0.29) is 6.54 Å². The van der Waals surface area contributed by atoms with Crippen LogP contribution in [0.1, 0.15) is 45.4 Å². The van der Waals surface area contributed by atoms with Crippen molar-refractivity contribution in [3.05, 3.63) is 46.1 Å². The molecule has 1 unspecified atom stereocenters. The summed E-state index contributed by atoms with van der Waals surface area (Å²) in [7, 11) is 0. The Balaban J connectivity index is 0.00000141. The number of hydrogen-bond acceptors (Lipinski definition) is 5. The van der Waals surface area contributed by atoms with Crippen LogP contribution in [0.15, 0.2) is 34.8 Å². The third-order valence-corrected chi connectivity index (χ3v) is 5.96. The third kappa shape index (κ3) is 4.84. The standard InChI is InChI=1S/C22H24ClF2N5.C2H6/c1-12-10-27-14(3)18(12)19-13(2)20(28-17-8-9-26-11-22(17,24)25)30-21(29-19)15-6-4-5-7-16(15)23;1-2/h4-7,17,26H,8-11H2,1-3H3,(H,28,29,30);1-2H3. The Kier molecular flexibility index (Phi) is 7.62. The lowest BCUT2D eigenvalue weighted by Crippen LogP contribution is -2.53. The summed E-state index contributed by atoms with van der Waals surface area (Å²) in [4.78, 5) is 13.9. The van der Waals surface area contributed by atoms with Crippen molar-refractivity contribution < 1.29 is 8.78 Å². The maximum atomic E-state index is 14.5. The summed E-state index contributed by atoms with van der Waals surface area (Å²) in [6.45, 7) is 10.6. The van der Waals surface area contributed by atoms with Gasteiger partial charge < -0.3 is 10.6 Å². The molecule has 2 aliphatic heterocycles. The number of halogens is 3. The van der Waals surface area contributed by atoms with Gasteiger partial charge in [-0.15, -0.1) is 0 Å². The number of aliphatic imine (C=N–C) groups is 1. The van der Waals surface area contributed by atoms with E-state index in [2.05, 4.69) is 20.6 Å². The van der Waals surface area contributed by atoms with E-state index in [1.807, 2.05) is 52.8 Å². The van der Waals surface area contributed by atoms with Crippen LogP contribution in [-0.4, -0.2) is 47.3 Å². The number of alkyl halides is 2. The van der Waals surface area contributed by atoms with Gasteiger partial charge in [-0.05, 0) is 51.4 Å². The van der Waals surface area contributed by atoms with Gasteiger partial charge in [0.1, 0.15) is 5.82 Å². The zero-order chi connectivity index (χ0) is 23.5. The molecule has 2 aromatic rings. The molecule has 1 aromatic carbocycles. The fourth-order valence-corrected chi connectivity index (χ4v) is 4.14. The lowest BCUT2D eigenvalue weighted by Gasteiger charge is -2.33. The zero-order valence-electron chi connectivity index (χ0n) is 19.2. The summed E-state index contributed by atoms with van der Waals surface area (Å²) in [5.41, 5.74) is 5.02. The van der Waals surface area contributed by atoms with Crippen LogP contribution >= 0.6 is 11.6 Å². The van der Waals surface area contributed by atoms with Gasteiger partial charge in [-0.2, -0.15) is 0 Å².